The molecule has 0 aliphatic carbocycles. The molecular weight excluding hydrogens is 198 g/mol. The van der Waals surface area contributed by atoms with Crippen LogP contribution in [0.4, 0.5) is 0 Å². The average molecular weight is 225 g/mol. The van der Waals surface area contributed by atoms with Crippen molar-refractivity contribution in [1.82, 2.24) is 9.80 Å². The highest BCUT2D eigenvalue weighted by molar-refractivity contribution is 4.93. The molecule has 0 aromatic rings. The zero-order valence-electron chi connectivity index (χ0n) is 10.9. The van der Waals surface area contributed by atoms with E-state index in [1.54, 1.807) is 0 Å². The number of hydrogen-bond donors (Lipinski definition) is 1. The lowest BCUT2D eigenvalue weighted by molar-refractivity contribution is -0.000559. The minimum atomic E-state index is 0.379. The molecule has 0 spiro atoms. The van der Waals surface area contributed by atoms with Crippen molar-refractivity contribution in [2.75, 3.05) is 32.7 Å². The highest BCUT2D eigenvalue weighted by Crippen LogP contribution is 2.21. The number of fused-ring (bicyclic) bond motifs is 3. The molecule has 0 aromatic carbocycles. The van der Waals surface area contributed by atoms with Gasteiger partial charge in [0.05, 0.1) is 0 Å². The summed E-state index contributed by atoms with van der Waals surface area (Å²) in [5.41, 5.74) is 6.40. The van der Waals surface area contributed by atoms with Crippen LogP contribution in [0.15, 0.2) is 0 Å². The Morgan fingerprint density at radius 2 is 1.94 bits per heavy atom. The molecule has 3 nitrogen and oxygen atoms in total. The molecule has 16 heavy (non-hydrogen) atoms. The third kappa shape index (κ3) is 2.76. The van der Waals surface area contributed by atoms with Crippen molar-refractivity contribution >= 4 is 0 Å². The van der Waals surface area contributed by atoms with E-state index in [-0.39, 0.29) is 0 Å². The van der Waals surface area contributed by atoms with E-state index < -0.39 is 0 Å². The van der Waals surface area contributed by atoms with Gasteiger partial charge in [-0.1, -0.05) is 26.7 Å². The third-order valence-corrected chi connectivity index (χ3v) is 4.27. The van der Waals surface area contributed by atoms with Crippen molar-refractivity contribution < 1.29 is 0 Å². The van der Waals surface area contributed by atoms with E-state index in [1.807, 2.05) is 0 Å². The summed E-state index contributed by atoms with van der Waals surface area (Å²) < 4.78 is 0. The fourth-order valence-electron chi connectivity index (χ4n) is 3.30. The SMILES string of the molecule is CCCC(C)CC(N)C1CN2CCN1CC2. The molecule has 3 rings (SSSR count). The van der Waals surface area contributed by atoms with Crippen LogP contribution in [0.2, 0.25) is 0 Å². The van der Waals surface area contributed by atoms with Gasteiger partial charge in [-0.05, 0) is 12.3 Å². The van der Waals surface area contributed by atoms with Crippen molar-refractivity contribution in [3.63, 3.8) is 0 Å². The zero-order valence-corrected chi connectivity index (χ0v) is 10.9. The summed E-state index contributed by atoms with van der Waals surface area (Å²) in [7, 11) is 0. The summed E-state index contributed by atoms with van der Waals surface area (Å²) in [5, 5.41) is 0. The molecule has 2 bridgehead atoms. The molecule has 2 N–H and O–H groups in total. The van der Waals surface area contributed by atoms with Crippen LogP contribution < -0.4 is 5.73 Å². The predicted octanol–water partition coefficient (Wildman–Crippen LogP) is 1.14. The Morgan fingerprint density at radius 1 is 1.25 bits per heavy atom. The van der Waals surface area contributed by atoms with Crippen LogP contribution in [-0.2, 0) is 0 Å². The van der Waals surface area contributed by atoms with E-state index in [2.05, 4.69) is 23.6 Å². The Labute approximate surface area is 100.0 Å². The smallest absolute Gasteiger partial charge is 0.0375 e. The second-order valence-corrected chi connectivity index (χ2v) is 5.70. The number of nitrogens with zero attached hydrogens (tertiary/aromatic N) is 2. The molecule has 3 heteroatoms. The molecule has 3 heterocycles. The minimum Gasteiger partial charge on any atom is -0.326 e. The van der Waals surface area contributed by atoms with Gasteiger partial charge in [0.15, 0.2) is 0 Å². The summed E-state index contributed by atoms with van der Waals surface area (Å²) in [6.45, 7) is 10.8. The predicted molar refractivity (Wildman–Crippen MR) is 68.5 cm³/mol. The highest BCUT2D eigenvalue weighted by atomic mass is 15.3. The fourth-order valence-corrected chi connectivity index (χ4v) is 3.30. The van der Waals surface area contributed by atoms with Crippen LogP contribution in [0.25, 0.3) is 0 Å². The number of nitrogens with two attached hydrogens (primary N) is 1. The van der Waals surface area contributed by atoms with E-state index in [4.69, 9.17) is 5.73 Å². The summed E-state index contributed by atoms with van der Waals surface area (Å²) in [6.07, 6.45) is 3.81. The quantitative estimate of drug-likeness (QED) is 0.761. The van der Waals surface area contributed by atoms with Gasteiger partial charge in [-0.25, -0.2) is 0 Å². The first kappa shape index (κ1) is 12.3. The van der Waals surface area contributed by atoms with Gasteiger partial charge in [0, 0.05) is 44.8 Å². The monoisotopic (exact) mass is 225 g/mol. The van der Waals surface area contributed by atoms with Crippen LogP contribution in [0, 0.1) is 5.92 Å². The molecule has 3 atom stereocenters. The van der Waals surface area contributed by atoms with Gasteiger partial charge in [0.2, 0.25) is 0 Å². The first-order valence-electron chi connectivity index (χ1n) is 6.92. The van der Waals surface area contributed by atoms with Crippen LogP contribution in [0.3, 0.4) is 0 Å². The molecule has 0 aromatic heterocycles. The normalized spacial score (nSPS) is 37.3. The largest absolute Gasteiger partial charge is 0.326 e. The molecule has 3 aliphatic rings. The van der Waals surface area contributed by atoms with Gasteiger partial charge in [-0.3, -0.25) is 9.80 Å². The molecule has 3 unspecified atom stereocenters. The maximum Gasteiger partial charge on any atom is 0.0375 e. The number of piperazine rings is 3. The Bertz CT molecular complexity index is 211. The van der Waals surface area contributed by atoms with Crippen molar-refractivity contribution in [1.29, 1.82) is 0 Å². The first-order valence-corrected chi connectivity index (χ1v) is 6.92. The second-order valence-electron chi connectivity index (χ2n) is 5.70. The maximum atomic E-state index is 6.40. The second kappa shape index (κ2) is 5.48. The summed E-state index contributed by atoms with van der Waals surface area (Å²) in [5.74, 6) is 0.789. The van der Waals surface area contributed by atoms with Crippen LogP contribution in [0.1, 0.15) is 33.1 Å². The van der Waals surface area contributed by atoms with Crippen molar-refractivity contribution in [2.24, 2.45) is 11.7 Å². The van der Waals surface area contributed by atoms with E-state index >= 15 is 0 Å². The fraction of sp³-hybridized carbons (Fsp3) is 1.00. The van der Waals surface area contributed by atoms with E-state index in [9.17, 15) is 0 Å². The van der Waals surface area contributed by atoms with Crippen LogP contribution in [-0.4, -0.2) is 54.6 Å². The van der Waals surface area contributed by atoms with Gasteiger partial charge in [-0.15, -0.1) is 0 Å². The third-order valence-electron chi connectivity index (χ3n) is 4.27. The lowest BCUT2D eigenvalue weighted by Crippen LogP contribution is -2.65. The van der Waals surface area contributed by atoms with Gasteiger partial charge in [0.25, 0.3) is 0 Å². The van der Waals surface area contributed by atoms with Crippen molar-refractivity contribution in [2.45, 2.75) is 45.2 Å². The Hall–Kier alpha value is -0.120. The lowest BCUT2D eigenvalue weighted by Gasteiger charge is -2.49. The Balaban J connectivity index is 1.82. The first-order chi connectivity index (χ1) is 7.70. The molecule has 3 fully saturated rings. The maximum absolute atomic E-state index is 6.40. The summed E-state index contributed by atoms with van der Waals surface area (Å²) in [4.78, 5) is 5.19. The Kier molecular flexibility index (Phi) is 4.22. The topological polar surface area (TPSA) is 32.5 Å². The van der Waals surface area contributed by atoms with Gasteiger partial charge in [0.1, 0.15) is 0 Å². The van der Waals surface area contributed by atoms with Crippen molar-refractivity contribution in [3.05, 3.63) is 0 Å². The number of hydrogen-bond acceptors (Lipinski definition) is 3. The van der Waals surface area contributed by atoms with Crippen molar-refractivity contribution in [3.8, 4) is 0 Å². The standard InChI is InChI=1S/C13H27N3/c1-3-4-11(2)9-12(14)13-10-15-5-7-16(13)8-6-15/h11-13H,3-10,14H2,1-2H3. The van der Waals surface area contributed by atoms with Crippen LogP contribution >= 0.6 is 0 Å². The summed E-state index contributed by atoms with van der Waals surface area (Å²) in [6, 6.07) is 1.01. The minimum absolute atomic E-state index is 0.379. The summed E-state index contributed by atoms with van der Waals surface area (Å²) >= 11 is 0. The Morgan fingerprint density at radius 3 is 2.44 bits per heavy atom. The lowest BCUT2D eigenvalue weighted by atomic mass is 9.91. The molecule has 3 aliphatic heterocycles. The molecule has 0 amide bonds. The van der Waals surface area contributed by atoms with Crippen LogP contribution in [0.5, 0.6) is 0 Å². The molecule has 94 valence electrons. The van der Waals surface area contributed by atoms with Gasteiger partial charge in [-0.2, -0.15) is 0 Å². The van der Waals surface area contributed by atoms with Gasteiger partial charge < -0.3 is 5.73 Å². The molecule has 3 saturated heterocycles. The van der Waals surface area contributed by atoms with E-state index in [0.717, 1.165) is 5.92 Å². The average Bonchev–Trinajstić information content (AvgIpc) is 2.30. The molecule has 0 saturated carbocycles. The zero-order chi connectivity index (χ0) is 11.5. The van der Waals surface area contributed by atoms with Gasteiger partial charge >= 0.3 is 0 Å². The van der Waals surface area contributed by atoms with E-state index in [0.29, 0.717) is 12.1 Å². The molecule has 0 radical (unpaired) electrons. The highest BCUT2D eigenvalue weighted by Gasteiger charge is 2.35. The molecular formula is C13H27N3. The number of rotatable bonds is 5. The van der Waals surface area contributed by atoms with E-state index in [1.165, 1.54) is 52.0 Å².